The number of carbonyl (C=O) groups excluding carboxylic acids is 2. The summed E-state index contributed by atoms with van der Waals surface area (Å²) in [5.41, 5.74) is -0.312. The first-order valence-corrected chi connectivity index (χ1v) is 10.6. The maximum Gasteiger partial charge on any atom is 0.573 e. The Bertz CT molecular complexity index is 1280. The summed E-state index contributed by atoms with van der Waals surface area (Å²) in [6, 6.07) is 4.70. The lowest BCUT2D eigenvalue weighted by Gasteiger charge is -2.16. The molecule has 1 aromatic heterocycles. The van der Waals surface area contributed by atoms with E-state index in [0.717, 1.165) is 34.9 Å². The minimum absolute atomic E-state index is 0.00600. The minimum atomic E-state index is -4.93. The molecule has 6 nitrogen and oxygen atoms in total. The van der Waals surface area contributed by atoms with E-state index in [9.17, 15) is 32.3 Å². The number of phenols is 1. The van der Waals surface area contributed by atoms with E-state index in [2.05, 4.69) is 4.74 Å². The van der Waals surface area contributed by atoms with Crippen LogP contribution < -0.4 is 4.74 Å². The first-order valence-electron chi connectivity index (χ1n) is 10.6. The second kappa shape index (κ2) is 9.55. The van der Waals surface area contributed by atoms with Crippen LogP contribution in [-0.2, 0) is 9.53 Å². The molecule has 0 fully saturated rings. The predicted octanol–water partition coefficient (Wildman–Crippen LogP) is 5.97. The molecule has 1 heterocycles. The fourth-order valence-electron chi connectivity index (χ4n) is 3.73. The Labute approximate surface area is 196 Å². The van der Waals surface area contributed by atoms with Crippen molar-refractivity contribution >= 4 is 22.8 Å². The molecule has 2 atom stereocenters. The van der Waals surface area contributed by atoms with Gasteiger partial charge in [0.25, 0.3) is 5.91 Å². The highest BCUT2D eigenvalue weighted by molar-refractivity contribution is 6.05. The fraction of sp³-hybridized carbons (Fsp3) is 0.333. The molecule has 11 heteroatoms. The Hall–Kier alpha value is -3.63. The Kier molecular flexibility index (Phi) is 7.09. The van der Waals surface area contributed by atoms with Crippen LogP contribution in [0.5, 0.6) is 11.5 Å². The molecule has 1 N–H and O–H groups in total. The molecule has 0 aliphatic heterocycles. The Morgan fingerprint density at radius 2 is 1.71 bits per heavy atom. The summed E-state index contributed by atoms with van der Waals surface area (Å²) in [5, 5.41) is 9.50. The van der Waals surface area contributed by atoms with Crippen LogP contribution in [0, 0.1) is 18.6 Å². The van der Waals surface area contributed by atoms with Gasteiger partial charge in [0, 0.05) is 22.7 Å². The van der Waals surface area contributed by atoms with Crippen molar-refractivity contribution in [2.45, 2.75) is 52.5 Å². The first-order chi connectivity index (χ1) is 16.3. The summed E-state index contributed by atoms with van der Waals surface area (Å²) in [7, 11) is 0. The van der Waals surface area contributed by atoms with Crippen LogP contribution in [0.25, 0.3) is 10.9 Å². The van der Waals surface area contributed by atoms with Gasteiger partial charge in [0.05, 0.1) is 17.5 Å². The van der Waals surface area contributed by atoms with Gasteiger partial charge < -0.3 is 14.6 Å². The molecule has 0 aliphatic rings. The number of halogens is 5. The van der Waals surface area contributed by atoms with Gasteiger partial charge in [-0.1, -0.05) is 6.92 Å². The molecule has 0 spiro atoms. The van der Waals surface area contributed by atoms with E-state index in [4.69, 9.17) is 4.74 Å². The van der Waals surface area contributed by atoms with Gasteiger partial charge in [-0.15, -0.1) is 13.2 Å². The second-order valence-electron chi connectivity index (χ2n) is 8.00. The molecule has 0 saturated heterocycles. The van der Waals surface area contributed by atoms with Crippen molar-refractivity contribution in [1.29, 1.82) is 0 Å². The first kappa shape index (κ1) is 26.0. The number of aromatic hydroxyl groups is 1. The number of alkyl halides is 3. The zero-order chi connectivity index (χ0) is 26.2. The summed E-state index contributed by atoms with van der Waals surface area (Å²) >= 11 is 0. The lowest BCUT2D eigenvalue weighted by atomic mass is 9.97. The third-order valence-electron chi connectivity index (χ3n) is 5.63. The van der Waals surface area contributed by atoms with Crippen LogP contribution in [0.15, 0.2) is 30.3 Å². The van der Waals surface area contributed by atoms with Gasteiger partial charge >= 0.3 is 12.3 Å². The zero-order valence-corrected chi connectivity index (χ0v) is 19.2. The molecule has 0 saturated carbocycles. The van der Waals surface area contributed by atoms with Crippen molar-refractivity contribution in [2.24, 2.45) is 0 Å². The highest BCUT2D eigenvalue weighted by Crippen LogP contribution is 2.39. The van der Waals surface area contributed by atoms with E-state index in [1.54, 1.807) is 13.8 Å². The van der Waals surface area contributed by atoms with Crippen molar-refractivity contribution in [3.8, 4) is 11.5 Å². The molecule has 35 heavy (non-hydrogen) atoms. The summed E-state index contributed by atoms with van der Waals surface area (Å²) < 4.78 is 76.6. The minimum Gasteiger partial charge on any atom is -0.503 e. The molecule has 0 aliphatic carbocycles. The lowest BCUT2D eigenvalue weighted by molar-refractivity contribution is -0.274. The average molecular weight is 499 g/mol. The molecule has 0 radical (unpaired) electrons. The SMILES string of the molecule is CCC(C)OC(=O)C(C)c1c(C)n(C(=O)c2ccc(OC(F)(F)F)cc2)c2cc(F)c(O)c(F)c12. The number of phenolic OH excluding ortho intramolecular Hbond substituents is 1. The maximum atomic E-state index is 15.1. The van der Waals surface area contributed by atoms with Gasteiger partial charge in [-0.2, -0.15) is 0 Å². The van der Waals surface area contributed by atoms with Gasteiger partial charge in [0.1, 0.15) is 5.75 Å². The van der Waals surface area contributed by atoms with Gasteiger partial charge in [-0.3, -0.25) is 14.2 Å². The van der Waals surface area contributed by atoms with E-state index < -0.39 is 53.4 Å². The third-order valence-corrected chi connectivity index (χ3v) is 5.63. The van der Waals surface area contributed by atoms with Crippen LogP contribution in [0.1, 0.15) is 54.7 Å². The van der Waals surface area contributed by atoms with E-state index in [-0.39, 0.29) is 27.7 Å². The molecule has 188 valence electrons. The smallest absolute Gasteiger partial charge is 0.503 e. The molecule has 3 aromatic rings. The van der Waals surface area contributed by atoms with Crippen LogP contribution >= 0.6 is 0 Å². The number of nitrogens with zero attached hydrogens (tertiary/aromatic N) is 1. The summed E-state index contributed by atoms with van der Waals surface area (Å²) in [6.45, 7) is 6.28. The van der Waals surface area contributed by atoms with Gasteiger partial charge in [-0.25, -0.2) is 8.78 Å². The van der Waals surface area contributed by atoms with Gasteiger partial charge in [0.15, 0.2) is 17.4 Å². The number of hydrogen-bond donors (Lipinski definition) is 1. The third kappa shape index (κ3) is 5.08. The summed E-state index contributed by atoms with van der Waals surface area (Å²) in [5.74, 6) is -7.18. The normalized spacial score (nSPS) is 13.5. The number of esters is 1. The average Bonchev–Trinajstić information content (AvgIpc) is 3.07. The summed E-state index contributed by atoms with van der Waals surface area (Å²) in [6.07, 6.45) is -4.84. The zero-order valence-electron chi connectivity index (χ0n) is 19.2. The van der Waals surface area contributed by atoms with Crippen molar-refractivity contribution < 1.29 is 46.1 Å². The monoisotopic (exact) mass is 499 g/mol. The number of aromatic nitrogens is 1. The van der Waals surface area contributed by atoms with Crippen molar-refractivity contribution in [3.63, 3.8) is 0 Å². The molecule has 3 rings (SSSR count). The molecule has 0 bridgehead atoms. The fourth-order valence-corrected chi connectivity index (χ4v) is 3.73. The van der Waals surface area contributed by atoms with Gasteiger partial charge in [-0.05, 0) is 57.0 Å². The Morgan fingerprint density at radius 3 is 2.26 bits per heavy atom. The highest BCUT2D eigenvalue weighted by atomic mass is 19.4. The van der Waals surface area contributed by atoms with Crippen LogP contribution in [0.3, 0.4) is 0 Å². The Balaban J connectivity index is 2.17. The number of hydrogen-bond acceptors (Lipinski definition) is 5. The summed E-state index contributed by atoms with van der Waals surface area (Å²) in [4.78, 5) is 26.0. The van der Waals surface area contributed by atoms with Crippen molar-refractivity contribution in [3.05, 3.63) is 58.8 Å². The predicted molar refractivity (Wildman–Crippen MR) is 115 cm³/mol. The van der Waals surface area contributed by atoms with Gasteiger partial charge in [0.2, 0.25) is 0 Å². The standard InChI is InChI=1S/C24H22F5NO5/c1-5-11(2)34-23(33)12(3)18-13(4)30(17-10-16(25)21(31)20(26)19(17)18)22(32)14-6-8-15(9-7-14)35-24(27,28)29/h6-12,31H,5H2,1-4H3. The van der Waals surface area contributed by atoms with Crippen LogP contribution in [0.4, 0.5) is 22.0 Å². The maximum absolute atomic E-state index is 15.1. The highest BCUT2D eigenvalue weighted by Gasteiger charge is 2.33. The lowest BCUT2D eigenvalue weighted by Crippen LogP contribution is -2.20. The second-order valence-corrected chi connectivity index (χ2v) is 8.00. The molecule has 0 amide bonds. The van der Waals surface area contributed by atoms with E-state index in [1.807, 2.05) is 0 Å². The number of carbonyl (C=O) groups is 2. The van der Waals surface area contributed by atoms with Crippen LogP contribution in [-0.4, -0.2) is 34.0 Å². The number of fused-ring (bicyclic) bond motifs is 1. The quantitative estimate of drug-likeness (QED) is 0.334. The number of ether oxygens (including phenoxy) is 2. The van der Waals surface area contributed by atoms with E-state index in [0.29, 0.717) is 6.42 Å². The van der Waals surface area contributed by atoms with Crippen molar-refractivity contribution in [1.82, 2.24) is 4.57 Å². The molecular weight excluding hydrogens is 477 g/mol. The molecular formula is C24H22F5NO5. The molecule has 2 unspecified atom stereocenters. The molecule has 2 aromatic carbocycles. The largest absolute Gasteiger partial charge is 0.573 e. The number of benzene rings is 2. The van der Waals surface area contributed by atoms with E-state index >= 15 is 4.39 Å². The van der Waals surface area contributed by atoms with Crippen molar-refractivity contribution in [2.75, 3.05) is 0 Å². The van der Waals surface area contributed by atoms with Crippen LogP contribution in [0.2, 0.25) is 0 Å². The van der Waals surface area contributed by atoms with E-state index in [1.165, 1.54) is 13.8 Å². The number of rotatable bonds is 6. The Morgan fingerprint density at radius 1 is 1.11 bits per heavy atom. The topological polar surface area (TPSA) is 77.8 Å².